The van der Waals surface area contributed by atoms with Crippen LogP contribution >= 0.6 is 11.3 Å². The third-order valence-corrected chi connectivity index (χ3v) is 4.87. The monoisotopic (exact) mass is 374 g/mol. The Morgan fingerprint density at radius 1 is 1.00 bits per heavy atom. The molecule has 0 bridgehead atoms. The number of rotatable bonds is 6. The van der Waals surface area contributed by atoms with Crippen molar-refractivity contribution in [2.75, 3.05) is 0 Å². The molecule has 0 fully saturated rings. The van der Waals surface area contributed by atoms with Crippen LogP contribution in [0.25, 0.3) is 16.8 Å². The third kappa shape index (κ3) is 4.30. The molecule has 27 heavy (non-hydrogen) atoms. The second kappa shape index (κ2) is 7.97. The van der Waals surface area contributed by atoms with E-state index < -0.39 is 0 Å². The van der Waals surface area contributed by atoms with Gasteiger partial charge in [0.15, 0.2) is 0 Å². The summed E-state index contributed by atoms with van der Waals surface area (Å²) in [4.78, 5) is 12.2. The molecule has 0 radical (unpaired) electrons. The van der Waals surface area contributed by atoms with Crippen molar-refractivity contribution in [1.82, 2.24) is 20.3 Å². The summed E-state index contributed by atoms with van der Waals surface area (Å²) in [5, 5.41) is 15.1. The number of aromatic nitrogens is 3. The second-order valence-corrected chi connectivity index (χ2v) is 6.93. The molecule has 5 nitrogen and oxygen atoms in total. The highest BCUT2D eigenvalue weighted by Gasteiger charge is 2.07. The van der Waals surface area contributed by atoms with Crippen molar-refractivity contribution in [2.24, 2.45) is 0 Å². The molecule has 2 heterocycles. The quantitative estimate of drug-likeness (QED) is 0.558. The van der Waals surface area contributed by atoms with Gasteiger partial charge in [0, 0.05) is 5.38 Å². The number of thiophene rings is 1. The zero-order valence-electron chi connectivity index (χ0n) is 14.6. The first-order valence-corrected chi connectivity index (χ1v) is 9.57. The molecule has 2 aromatic carbocycles. The fourth-order valence-corrected chi connectivity index (χ4v) is 3.40. The van der Waals surface area contributed by atoms with Crippen LogP contribution < -0.4 is 5.32 Å². The Balaban J connectivity index is 1.32. The Bertz CT molecular complexity index is 1010. The van der Waals surface area contributed by atoms with Crippen LogP contribution in [0.2, 0.25) is 0 Å². The van der Waals surface area contributed by atoms with E-state index in [0.717, 1.165) is 22.5 Å². The maximum Gasteiger partial charge on any atom is 0.224 e. The highest BCUT2D eigenvalue weighted by Crippen LogP contribution is 2.19. The summed E-state index contributed by atoms with van der Waals surface area (Å²) in [5.74, 6) is -0.0347. The van der Waals surface area contributed by atoms with E-state index in [9.17, 15) is 4.79 Å². The summed E-state index contributed by atoms with van der Waals surface area (Å²) in [6.07, 6.45) is 2.17. The molecule has 0 aliphatic heterocycles. The van der Waals surface area contributed by atoms with Gasteiger partial charge in [0.2, 0.25) is 5.91 Å². The van der Waals surface area contributed by atoms with Crippen molar-refractivity contribution in [1.29, 1.82) is 0 Å². The van der Waals surface area contributed by atoms with Gasteiger partial charge < -0.3 is 5.32 Å². The third-order valence-electron chi connectivity index (χ3n) is 4.20. The molecule has 1 N–H and O–H groups in total. The van der Waals surface area contributed by atoms with Gasteiger partial charge in [-0.3, -0.25) is 4.79 Å². The van der Waals surface area contributed by atoms with Gasteiger partial charge in [-0.1, -0.05) is 59.8 Å². The van der Waals surface area contributed by atoms with Crippen LogP contribution in [0.5, 0.6) is 0 Å². The smallest absolute Gasteiger partial charge is 0.224 e. The van der Waals surface area contributed by atoms with Gasteiger partial charge >= 0.3 is 0 Å². The Morgan fingerprint density at radius 3 is 2.52 bits per heavy atom. The predicted molar refractivity (Wildman–Crippen MR) is 107 cm³/mol. The van der Waals surface area contributed by atoms with Crippen molar-refractivity contribution >= 4 is 17.2 Å². The van der Waals surface area contributed by atoms with Crippen molar-refractivity contribution in [2.45, 2.75) is 13.0 Å². The largest absolute Gasteiger partial charge is 0.350 e. The Labute approximate surface area is 161 Å². The molecule has 6 heteroatoms. The molecule has 0 spiro atoms. The second-order valence-electron chi connectivity index (χ2n) is 6.15. The highest BCUT2D eigenvalue weighted by atomic mass is 32.1. The van der Waals surface area contributed by atoms with Gasteiger partial charge in [0.1, 0.15) is 5.69 Å². The summed E-state index contributed by atoms with van der Waals surface area (Å²) in [5.41, 5.74) is 5.00. The van der Waals surface area contributed by atoms with Crippen molar-refractivity contribution in [3.8, 4) is 16.8 Å². The topological polar surface area (TPSA) is 59.8 Å². The zero-order valence-corrected chi connectivity index (χ0v) is 15.4. The number of amides is 1. The number of nitrogens with zero attached hydrogens (tertiary/aromatic N) is 3. The average molecular weight is 374 g/mol. The molecule has 0 aliphatic carbocycles. The maximum atomic E-state index is 12.2. The van der Waals surface area contributed by atoms with Gasteiger partial charge in [-0.15, -0.1) is 5.10 Å². The van der Waals surface area contributed by atoms with Crippen LogP contribution in [-0.2, 0) is 17.8 Å². The van der Waals surface area contributed by atoms with Crippen LogP contribution in [0.15, 0.2) is 77.6 Å². The minimum Gasteiger partial charge on any atom is -0.350 e. The van der Waals surface area contributed by atoms with E-state index in [2.05, 4.69) is 27.8 Å². The Morgan fingerprint density at radius 2 is 1.78 bits per heavy atom. The Kier molecular flexibility index (Phi) is 5.07. The lowest BCUT2D eigenvalue weighted by Gasteiger charge is -2.05. The van der Waals surface area contributed by atoms with Crippen molar-refractivity contribution in [3.05, 3.63) is 88.9 Å². The van der Waals surface area contributed by atoms with Crippen LogP contribution in [-0.4, -0.2) is 20.9 Å². The first kappa shape index (κ1) is 17.2. The van der Waals surface area contributed by atoms with Crippen LogP contribution in [0.1, 0.15) is 11.3 Å². The van der Waals surface area contributed by atoms with E-state index in [-0.39, 0.29) is 5.91 Å². The molecule has 0 atom stereocenters. The van der Waals surface area contributed by atoms with Crippen LogP contribution in [0, 0.1) is 0 Å². The summed E-state index contributed by atoms with van der Waals surface area (Å²) in [7, 11) is 0. The van der Waals surface area contributed by atoms with E-state index in [1.807, 2.05) is 65.5 Å². The molecule has 2 aromatic heterocycles. The average Bonchev–Trinajstić information content (AvgIpc) is 3.39. The fraction of sp³-hybridized carbons (Fsp3) is 0.0952. The molecule has 0 saturated heterocycles. The van der Waals surface area contributed by atoms with Crippen molar-refractivity contribution in [3.63, 3.8) is 0 Å². The molecule has 0 unspecified atom stereocenters. The number of carbonyl (C=O) groups excluding carboxylic acids is 1. The SMILES string of the molecule is O=C(Cc1ccc(-c2ccccc2)cc1)NCc1cn(-c2ccsc2)nn1. The molecular weight excluding hydrogens is 356 g/mol. The molecular formula is C21H18N4OS. The summed E-state index contributed by atoms with van der Waals surface area (Å²) in [6.45, 7) is 0.366. The first-order valence-electron chi connectivity index (χ1n) is 8.63. The van der Waals surface area contributed by atoms with E-state index in [0.29, 0.717) is 13.0 Å². The van der Waals surface area contributed by atoms with Gasteiger partial charge in [0.25, 0.3) is 0 Å². The number of hydrogen-bond acceptors (Lipinski definition) is 4. The minimum absolute atomic E-state index is 0.0347. The van der Waals surface area contributed by atoms with Gasteiger partial charge in [-0.2, -0.15) is 11.3 Å². The first-order chi connectivity index (χ1) is 13.3. The normalized spacial score (nSPS) is 10.7. The number of nitrogens with one attached hydrogen (secondary N) is 1. The number of hydrogen-bond donors (Lipinski definition) is 1. The molecule has 0 aliphatic rings. The molecule has 4 rings (SSSR count). The van der Waals surface area contributed by atoms with E-state index >= 15 is 0 Å². The molecule has 134 valence electrons. The summed E-state index contributed by atoms with van der Waals surface area (Å²) >= 11 is 1.60. The summed E-state index contributed by atoms with van der Waals surface area (Å²) in [6, 6.07) is 20.2. The van der Waals surface area contributed by atoms with E-state index in [4.69, 9.17) is 0 Å². The van der Waals surface area contributed by atoms with Gasteiger partial charge in [0.05, 0.1) is 24.8 Å². The van der Waals surface area contributed by atoms with E-state index in [1.54, 1.807) is 16.0 Å². The molecule has 4 aromatic rings. The van der Waals surface area contributed by atoms with Gasteiger partial charge in [-0.25, -0.2) is 4.68 Å². The number of benzene rings is 2. The molecule has 0 saturated carbocycles. The number of carbonyl (C=O) groups is 1. The Hall–Kier alpha value is -3.25. The molecule has 1 amide bonds. The standard InChI is InChI=1S/C21H18N4OS/c26-21(22-13-19-14-25(24-23-19)20-10-11-27-15-20)12-16-6-8-18(9-7-16)17-4-2-1-3-5-17/h1-11,14-15H,12-13H2,(H,22,26). The summed E-state index contributed by atoms with van der Waals surface area (Å²) < 4.78 is 1.71. The maximum absolute atomic E-state index is 12.2. The zero-order chi connectivity index (χ0) is 18.5. The fourth-order valence-electron chi connectivity index (χ4n) is 2.78. The van der Waals surface area contributed by atoms with Crippen molar-refractivity contribution < 1.29 is 4.79 Å². The lowest BCUT2D eigenvalue weighted by atomic mass is 10.0. The van der Waals surface area contributed by atoms with Crippen LogP contribution in [0.4, 0.5) is 0 Å². The van der Waals surface area contributed by atoms with Crippen LogP contribution in [0.3, 0.4) is 0 Å². The minimum atomic E-state index is -0.0347. The van der Waals surface area contributed by atoms with E-state index in [1.165, 1.54) is 5.56 Å². The highest BCUT2D eigenvalue weighted by molar-refractivity contribution is 7.08. The lowest BCUT2D eigenvalue weighted by molar-refractivity contribution is -0.120. The predicted octanol–water partition coefficient (Wildman–Crippen LogP) is 3.85. The lowest BCUT2D eigenvalue weighted by Crippen LogP contribution is -2.24. The van der Waals surface area contributed by atoms with Gasteiger partial charge in [-0.05, 0) is 28.1 Å².